The number of benzene rings is 2. The van der Waals surface area contributed by atoms with Gasteiger partial charge in [0.25, 0.3) is 5.91 Å². The Morgan fingerprint density at radius 1 is 1.21 bits per heavy atom. The second kappa shape index (κ2) is 7.31. The van der Waals surface area contributed by atoms with Crippen LogP contribution in [0, 0.1) is 11.8 Å². The molecule has 3 rings (SSSR count). The first-order valence-electron chi connectivity index (χ1n) is 7.42. The van der Waals surface area contributed by atoms with E-state index in [0.717, 1.165) is 16.6 Å². The Kier molecular flexibility index (Phi) is 4.75. The number of nitrogens with zero attached hydrogens (tertiary/aromatic N) is 1. The Morgan fingerprint density at radius 3 is 2.96 bits per heavy atom. The highest BCUT2D eigenvalue weighted by Gasteiger charge is 2.10. The molecule has 2 aromatic carbocycles. The number of aliphatic hydroxyl groups excluding tert-OH is 1. The van der Waals surface area contributed by atoms with Gasteiger partial charge >= 0.3 is 0 Å². The number of carbonyl (C=O) groups is 1. The fraction of sp³-hybridized carbons (Fsp3) is 0.111. The summed E-state index contributed by atoms with van der Waals surface area (Å²) in [5.74, 6) is 4.92. The van der Waals surface area contributed by atoms with Crippen LogP contribution in [0.1, 0.15) is 10.4 Å². The summed E-state index contributed by atoms with van der Waals surface area (Å²) < 4.78 is 0. The van der Waals surface area contributed by atoms with Gasteiger partial charge in [-0.2, -0.15) is 5.10 Å². The normalized spacial score (nSPS) is 10.0. The summed E-state index contributed by atoms with van der Waals surface area (Å²) in [4.78, 5) is 12.3. The first-order chi connectivity index (χ1) is 11.8. The van der Waals surface area contributed by atoms with Gasteiger partial charge in [-0.1, -0.05) is 24.0 Å². The quantitative estimate of drug-likeness (QED) is 0.554. The van der Waals surface area contributed by atoms with Gasteiger partial charge in [-0.05, 0) is 30.3 Å². The molecular weight excluding hydrogens is 304 g/mol. The molecule has 3 aromatic rings. The molecule has 0 spiro atoms. The van der Waals surface area contributed by atoms with E-state index in [0.29, 0.717) is 11.3 Å². The molecule has 6 heteroatoms. The molecule has 0 radical (unpaired) electrons. The predicted octanol–water partition coefficient (Wildman–Crippen LogP) is 2.03. The number of aliphatic hydroxyl groups is 1. The fourth-order valence-corrected chi connectivity index (χ4v) is 2.30. The number of anilines is 2. The summed E-state index contributed by atoms with van der Waals surface area (Å²) in [6, 6.07) is 13.1. The number of aromatic amines is 1. The summed E-state index contributed by atoms with van der Waals surface area (Å²) in [7, 11) is 0. The van der Waals surface area contributed by atoms with Crippen LogP contribution in [0.15, 0.2) is 48.7 Å². The van der Waals surface area contributed by atoms with E-state index in [9.17, 15) is 4.79 Å². The third kappa shape index (κ3) is 3.54. The van der Waals surface area contributed by atoms with Crippen LogP contribution in [0.4, 0.5) is 11.4 Å². The van der Waals surface area contributed by atoms with E-state index < -0.39 is 0 Å². The first-order valence-corrected chi connectivity index (χ1v) is 7.42. The molecule has 0 fully saturated rings. The minimum Gasteiger partial charge on any atom is -0.384 e. The first kappa shape index (κ1) is 15.6. The van der Waals surface area contributed by atoms with Gasteiger partial charge in [0, 0.05) is 11.1 Å². The van der Waals surface area contributed by atoms with E-state index in [-0.39, 0.29) is 19.1 Å². The van der Waals surface area contributed by atoms with Crippen LogP contribution in [0.2, 0.25) is 0 Å². The SMILES string of the molecule is O=C(NCC#CCO)c1ccccc1Nc1ccc2cn[nH]c2c1. The van der Waals surface area contributed by atoms with Gasteiger partial charge in [-0.15, -0.1) is 0 Å². The minimum atomic E-state index is -0.229. The Balaban J connectivity index is 1.79. The van der Waals surface area contributed by atoms with Crippen molar-refractivity contribution >= 4 is 28.2 Å². The summed E-state index contributed by atoms with van der Waals surface area (Å²) in [5, 5.41) is 22.5. The van der Waals surface area contributed by atoms with Gasteiger partial charge in [0.2, 0.25) is 0 Å². The zero-order chi connectivity index (χ0) is 16.8. The Morgan fingerprint density at radius 2 is 2.08 bits per heavy atom. The standard InChI is InChI=1S/C18H16N4O2/c23-10-4-3-9-19-18(24)15-5-1-2-6-16(15)21-14-8-7-13-12-20-22-17(13)11-14/h1-2,5-8,11-12,21,23H,9-10H2,(H,19,24)(H,20,22). The molecule has 0 aliphatic rings. The van der Waals surface area contributed by atoms with Crippen molar-refractivity contribution in [2.24, 2.45) is 0 Å². The van der Waals surface area contributed by atoms with Gasteiger partial charge in [-0.25, -0.2) is 0 Å². The molecule has 24 heavy (non-hydrogen) atoms. The van der Waals surface area contributed by atoms with Gasteiger partial charge in [0.1, 0.15) is 6.61 Å². The third-order valence-corrected chi connectivity index (χ3v) is 3.43. The van der Waals surface area contributed by atoms with Crippen LogP contribution in [0.5, 0.6) is 0 Å². The van der Waals surface area contributed by atoms with Crippen molar-refractivity contribution in [3.63, 3.8) is 0 Å². The summed E-state index contributed by atoms with van der Waals surface area (Å²) in [6.45, 7) is -0.0298. The zero-order valence-electron chi connectivity index (χ0n) is 12.8. The van der Waals surface area contributed by atoms with Crippen molar-refractivity contribution in [2.45, 2.75) is 0 Å². The van der Waals surface area contributed by atoms with Crippen molar-refractivity contribution in [1.29, 1.82) is 0 Å². The lowest BCUT2D eigenvalue weighted by Crippen LogP contribution is -2.24. The number of H-pyrrole nitrogens is 1. The van der Waals surface area contributed by atoms with E-state index in [2.05, 4.69) is 32.7 Å². The maximum absolute atomic E-state index is 12.3. The maximum Gasteiger partial charge on any atom is 0.254 e. The van der Waals surface area contributed by atoms with Gasteiger partial charge in [-0.3, -0.25) is 9.89 Å². The number of amides is 1. The fourth-order valence-electron chi connectivity index (χ4n) is 2.30. The van der Waals surface area contributed by atoms with E-state index in [1.165, 1.54) is 0 Å². The largest absolute Gasteiger partial charge is 0.384 e. The Hall–Kier alpha value is -3.30. The van der Waals surface area contributed by atoms with Gasteiger partial charge < -0.3 is 15.7 Å². The highest BCUT2D eigenvalue weighted by atomic mass is 16.2. The van der Waals surface area contributed by atoms with Gasteiger partial charge in [0.15, 0.2) is 0 Å². The Labute approximate surface area is 138 Å². The van der Waals surface area contributed by atoms with Crippen LogP contribution in [0.25, 0.3) is 10.9 Å². The topological polar surface area (TPSA) is 90.0 Å². The monoisotopic (exact) mass is 320 g/mol. The van der Waals surface area contributed by atoms with Crippen molar-refractivity contribution in [3.05, 3.63) is 54.2 Å². The molecule has 120 valence electrons. The van der Waals surface area contributed by atoms with Crippen LogP contribution in [0.3, 0.4) is 0 Å². The van der Waals surface area contributed by atoms with Crippen LogP contribution in [-0.4, -0.2) is 34.4 Å². The number of carbonyl (C=O) groups excluding carboxylic acids is 1. The number of nitrogens with one attached hydrogen (secondary N) is 3. The van der Waals surface area contributed by atoms with Crippen molar-refractivity contribution in [2.75, 3.05) is 18.5 Å². The molecule has 1 aromatic heterocycles. The number of fused-ring (bicyclic) bond motifs is 1. The number of hydrogen-bond acceptors (Lipinski definition) is 4. The lowest BCUT2D eigenvalue weighted by atomic mass is 10.1. The molecule has 0 unspecified atom stereocenters. The van der Waals surface area contributed by atoms with E-state index >= 15 is 0 Å². The molecule has 4 N–H and O–H groups in total. The molecule has 0 bridgehead atoms. The third-order valence-electron chi connectivity index (χ3n) is 3.43. The number of rotatable bonds is 4. The van der Waals surface area contributed by atoms with Crippen LogP contribution >= 0.6 is 0 Å². The van der Waals surface area contributed by atoms with Crippen molar-refractivity contribution in [1.82, 2.24) is 15.5 Å². The van der Waals surface area contributed by atoms with Crippen molar-refractivity contribution in [3.8, 4) is 11.8 Å². The van der Waals surface area contributed by atoms with E-state index in [1.54, 1.807) is 18.3 Å². The number of para-hydroxylation sites is 1. The number of aromatic nitrogens is 2. The molecule has 0 saturated heterocycles. The summed E-state index contributed by atoms with van der Waals surface area (Å²) in [5.41, 5.74) is 2.99. The van der Waals surface area contributed by atoms with Crippen molar-refractivity contribution < 1.29 is 9.90 Å². The molecular formula is C18H16N4O2. The second-order valence-electron chi connectivity index (χ2n) is 5.04. The molecule has 0 aliphatic carbocycles. The smallest absolute Gasteiger partial charge is 0.254 e. The summed E-state index contributed by atoms with van der Waals surface area (Å²) in [6.07, 6.45) is 1.76. The average Bonchev–Trinajstić information content (AvgIpc) is 3.07. The zero-order valence-corrected chi connectivity index (χ0v) is 12.8. The second-order valence-corrected chi connectivity index (χ2v) is 5.04. The lowest BCUT2D eigenvalue weighted by molar-refractivity contribution is 0.0959. The molecule has 1 amide bonds. The molecule has 0 saturated carbocycles. The molecule has 6 nitrogen and oxygen atoms in total. The highest BCUT2D eigenvalue weighted by Crippen LogP contribution is 2.23. The molecule has 0 aliphatic heterocycles. The van der Waals surface area contributed by atoms with Crippen LogP contribution in [-0.2, 0) is 0 Å². The maximum atomic E-state index is 12.3. The Bertz CT molecular complexity index is 921. The molecule has 0 atom stereocenters. The van der Waals surface area contributed by atoms with E-state index in [1.807, 2.05) is 30.3 Å². The van der Waals surface area contributed by atoms with Gasteiger partial charge in [0.05, 0.1) is 29.5 Å². The van der Waals surface area contributed by atoms with Crippen LogP contribution < -0.4 is 10.6 Å². The lowest BCUT2D eigenvalue weighted by Gasteiger charge is -2.11. The minimum absolute atomic E-state index is 0.188. The molecule has 1 heterocycles. The number of hydrogen-bond donors (Lipinski definition) is 4. The highest BCUT2D eigenvalue weighted by molar-refractivity contribution is 6.00. The summed E-state index contributed by atoms with van der Waals surface area (Å²) >= 11 is 0. The van der Waals surface area contributed by atoms with E-state index in [4.69, 9.17) is 5.11 Å². The average molecular weight is 320 g/mol. The predicted molar refractivity (Wildman–Crippen MR) is 93.0 cm³/mol.